The molecule has 1 aromatic carbocycles. The first-order valence-electron chi connectivity index (χ1n) is 7.62. The average molecular weight is 367 g/mol. The van der Waals surface area contributed by atoms with E-state index < -0.39 is 10.0 Å². The van der Waals surface area contributed by atoms with Crippen LogP contribution in [0.5, 0.6) is 0 Å². The van der Waals surface area contributed by atoms with Crippen LogP contribution in [-0.2, 0) is 16.6 Å². The minimum Gasteiger partial charge on any atom is -0.347 e. The standard InChI is InChI=1S/C17H22N2O3S2/c1-12(2)19(4)24(21,22)15-7-5-14(6-8-15)17(20)18-11-16-13(3)9-10-23-16/h5-10,12H,11H2,1-4H3,(H,18,20). The van der Waals surface area contributed by atoms with E-state index in [9.17, 15) is 13.2 Å². The summed E-state index contributed by atoms with van der Waals surface area (Å²) < 4.78 is 26.1. The van der Waals surface area contributed by atoms with Crippen molar-refractivity contribution in [2.45, 2.75) is 38.3 Å². The van der Waals surface area contributed by atoms with Gasteiger partial charge in [-0.05, 0) is 62.0 Å². The van der Waals surface area contributed by atoms with Crippen molar-refractivity contribution < 1.29 is 13.2 Å². The summed E-state index contributed by atoms with van der Waals surface area (Å²) in [6.07, 6.45) is 0. The molecule has 5 nitrogen and oxygen atoms in total. The van der Waals surface area contributed by atoms with E-state index in [0.29, 0.717) is 12.1 Å². The third-order valence-electron chi connectivity index (χ3n) is 3.90. The smallest absolute Gasteiger partial charge is 0.251 e. The highest BCUT2D eigenvalue weighted by Gasteiger charge is 2.23. The summed E-state index contributed by atoms with van der Waals surface area (Å²) in [4.78, 5) is 13.5. The summed E-state index contributed by atoms with van der Waals surface area (Å²) in [6, 6.07) is 7.90. The van der Waals surface area contributed by atoms with Crippen molar-refractivity contribution in [3.8, 4) is 0 Å². The quantitative estimate of drug-likeness (QED) is 0.854. The van der Waals surface area contributed by atoms with Crippen molar-refractivity contribution in [2.75, 3.05) is 7.05 Å². The van der Waals surface area contributed by atoms with E-state index in [1.807, 2.05) is 32.2 Å². The van der Waals surface area contributed by atoms with Crippen LogP contribution in [0.1, 0.15) is 34.6 Å². The van der Waals surface area contributed by atoms with Crippen LogP contribution in [-0.4, -0.2) is 31.7 Å². The zero-order valence-electron chi connectivity index (χ0n) is 14.2. The lowest BCUT2D eigenvalue weighted by Gasteiger charge is -2.21. The predicted octanol–water partition coefficient (Wildman–Crippen LogP) is 3.02. The van der Waals surface area contributed by atoms with Crippen LogP contribution in [0.3, 0.4) is 0 Å². The molecule has 0 aliphatic rings. The van der Waals surface area contributed by atoms with Crippen LogP contribution in [0, 0.1) is 6.92 Å². The molecule has 0 unspecified atom stereocenters. The maximum atomic E-state index is 12.4. The molecule has 0 fully saturated rings. The Labute approximate surface area is 147 Å². The summed E-state index contributed by atoms with van der Waals surface area (Å²) >= 11 is 1.60. The van der Waals surface area contributed by atoms with Crippen LogP contribution in [0.25, 0.3) is 0 Å². The SMILES string of the molecule is Cc1ccsc1CNC(=O)c1ccc(S(=O)(=O)N(C)C(C)C)cc1. The van der Waals surface area contributed by atoms with Gasteiger partial charge in [-0.15, -0.1) is 11.3 Å². The van der Waals surface area contributed by atoms with Crippen LogP contribution < -0.4 is 5.32 Å². The summed E-state index contributed by atoms with van der Waals surface area (Å²) in [5.74, 6) is -0.219. The molecule has 0 aliphatic carbocycles. The monoisotopic (exact) mass is 366 g/mol. The van der Waals surface area contributed by atoms with E-state index in [1.165, 1.54) is 28.6 Å². The lowest BCUT2D eigenvalue weighted by atomic mass is 10.2. The first kappa shape index (κ1) is 18.6. The number of rotatable bonds is 6. The highest BCUT2D eigenvalue weighted by atomic mass is 32.2. The normalized spacial score (nSPS) is 11.9. The number of hydrogen-bond donors (Lipinski definition) is 1. The fourth-order valence-electron chi connectivity index (χ4n) is 2.07. The topological polar surface area (TPSA) is 66.5 Å². The van der Waals surface area contributed by atoms with Gasteiger partial charge in [0.1, 0.15) is 0 Å². The largest absolute Gasteiger partial charge is 0.347 e. The second kappa shape index (κ2) is 7.46. The summed E-state index contributed by atoms with van der Waals surface area (Å²) in [6.45, 7) is 6.10. The minimum absolute atomic E-state index is 0.132. The van der Waals surface area contributed by atoms with Gasteiger partial charge in [0.2, 0.25) is 10.0 Å². The summed E-state index contributed by atoms with van der Waals surface area (Å²) in [5.41, 5.74) is 1.59. The Morgan fingerprint density at radius 1 is 1.21 bits per heavy atom. The highest BCUT2D eigenvalue weighted by Crippen LogP contribution is 2.18. The maximum absolute atomic E-state index is 12.4. The molecule has 2 aromatic rings. The Morgan fingerprint density at radius 2 is 1.83 bits per heavy atom. The minimum atomic E-state index is -3.53. The van der Waals surface area contributed by atoms with Gasteiger partial charge < -0.3 is 5.32 Å². The van der Waals surface area contributed by atoms with Crippen molar-refractivity contribution in [1.29, 1.82) is 0 Å². The van der Waals surface area contributed by atoms with Gasteiger partial charge in [-0.25, -0.2) is 8.42 Å². The first-order chi connectivity index (χ1) is 11.2. The number of thiophene rings is 1. The molecule has 0 atom stereocenters. The first-order valence-corrected chi connectivity index (χ1v) is 9.94. The van der Waals surface area contributed by atoms with E-state index in [4.69, 9.17) is 0 Å². The third-order valence-corrected chi connectivity index (χ3v) is 6.97. The second-order valence-electron chi connectivity index (χ2n) is 5.85. The number of carbonyl (C=O) groups is 1. The predicted molar refractivity (Wildman–Crippen MR) is 96.8 cm³/mol. The molecule has 0 bridgehead atoms. The van der Waals surface area contributed by atoms with Gasteiger partial charge in [0, 0.05) is 23.5 Å². The number of hydrogen-bond acceptors (Lipinski definition) is 4. The van der Waals surface area contributed by atoms with Crippen molar-refractivity contribution in [3.63, 3.8) is 0 Å². The molecule has 0 saturated carbocycles. The van der Waals surface area contributed by atoms with Gasteiger partial charge in [0.05, 0.1) is 11.4 Å². The Balaban J connectivity index is 2.09. The molecular weight excluding hydrogens is 344 g/mol. The van der Waals surface area contributed by atoms with Gasteiger partial charge >= 0.3 is 0 Å². The molecule has 0 radical (unpaired) electrons. The number of nitrogens with one attached hydrogen (secondary N) is 1. The lowest BCUT2D eigenvalue weighted by Crippen LogP contribution is -2.33. The van der Waals surface area contributed by atoms with Crippen molar-refractivity contribution in [1.82, 2.24) is 9.62 Å². The molecule has 2 rings (SSSR count). The van der Waals surface area contributed by atoms with Crippen LogP contribution in [0.15, 0.2) is 40.6 Å². The molecule has 1 amide bonds. The number of sulfonamides is 1. The number of nitrogens with zero attached hydrogens (tertiary/aromatic N) is 1. The fourth-order valence-corrected chi connectivity index (χ4v) is 4.28. The molecule has 7 heteroatoms. The molecule has 1 heterocycles. The Kier molecular flexibility index (Phi) is 5.79. The van der Waals surface area contributed by atoms with Crippen molar-refractivity contribution in [2.24, 2.45) is 0 Å². The van der Waals surface area contributed by atoms with Gasteiger partial charge in [-0.3, -0.25) is 4.79 Å². The maximum Gasteiger partial charge on any atom is 0.251 e. The average Bonchev–Trinajstić information content (AvgIpc) is 2.97. The van der Waals surface area contributed by atoms with Gasteiger partial charge in [0.15, 0.2) is 0 Å². The Bertz CT molecular complexity index is 809. The zero-order chi connectivity index (χ0) is 17.9. The van der Waals surface area contributed by atoms with Gasteiger partial charge in [-0.1, -0.05) is 0 Å². The van der Waals surface area contributed by atoms with Crippen LogP contribution >= 0.6 is 11.3 Å². The third kappa shape index (κ3) is 4.03. The number of aryl methyl sites for hydroxylation is 1. The molecule has 0 aliphatic heterocycles. The van der Waals surface area contributed by atoms with Crippen LogP contribution in [0.4, 0.5) is 0 Å². The molecule has 24 heavy (non-hydrogen) atoms. The van der Waals surface area contributed by atoms with Crippen LogP contribution in [0.2, 0.25) is 0 Å². The molecule has 130 valence electrons. The van der Waals surface area contributed by atoms with E-state index in [1.54, 1.807) is 18.4 Å². The van der Waals surface area contributed by atoms with E-state index in [-0.39, 0.29) is 16.8 Å². The summed E-state index contributed by atoms with van der Waals surface area (Å²) in [7, 11) is -1.99. The fraction of sp³-hybridized carbons (Fsp3) is 0.353. The van der Waals surface area contributed by atoms with E-state index in [2.05, 4.69) is 5.32 Å². The number of benzene rings is 1. The van der Waals surface area contributed by atoms with E-state index >= 15 is 0 Å². The summed E-state index contributed by atoms with van der Waals surface area (Å²) in [5, 5.41) is 4.84. The highest BCUT2D eigenvalue weighted by molar-refractivity contribution is 7.89. The Hall–Kier alpha value is -1.70. The number of carbonyl (C=O) groups excluding carboxylic acids is 1. The van der Waals surface area contributed by atoms with Crippen molar-refractivity contribution in [3.05, 3.63) is 51.7 Å². The molecule has 1 aromatic heterocycles. The molecule has 1 N–H and O–H groups in total. The van der Waals surface area contributed by atoms with E-state index in [0.717, 1.165) is 10.4 Å². The number of amides is 1. The Morgan fingerprint density at radius 3 is 2.33 bits per heavy atom. The van der Waals surface area contributed by atoms with Crippen molar-refractivity contribution >= 4 is 27.3 Å². The zero-order valence-corrected chi connectivity index (χ0v) is 15.9. The molecular formula is C17H22N2O3S2. The molecule has 0 spiro atoms. The van der Waals surface area contributed by atoms with Gasteiger partial charge in [0.25, 0.3) is 5.91 Å². The lowest BCUT2D eigenvalue weighted by molar-refractivity contribution is 0.0951. The van der Waals surface area contributed by atoms with Gasteiger partial charge in [-0.2, -0.15) is 4.31 Å². The molecule has 0 saturated heterocycles. The second-order valence-corrected chi connectivity index (χ2v) is 8.85.